The van der Waals surface area contributed by atoms with Crippen molar-refractivity contribution in [1.82, 2.24) is 10.2 Å². The van der Waals surface area contributed by atoms with Gasteiger partial charge in [-0.2, -0.15) is 0 Å². The first kappa shape index (κ1) is 32.4. The third kappa shape index (κ3) is 8.47. The van der Waals surface area contributed by atoms with Gasteiger partial charge < -0.3 is 10.2 Å². The number of aryl methyl sites for hydroxylation is 2. The normalized spacial score (nSPS) is 12.0. The summed E-state index contributed by atoms with van der Waals surface area (Å²) in [7, 11) is -4.16. The van der Waals surface area contributed by atoms with Gasteiger partial charge in [-0.15, -0.1) is 0 Å². The van der Waals surface area contributed by atoms with Crippen molar-refractivity contribution >= 4 is 50.7 Å². The van der Waals surface area contributed by atoms with Crippen molar-refractivity contribution < 1.29 is 18.0 Å². The zero-order valence-corrected chi connectivity index (χ0v) is 26.2. The van der Waals surface area contributed by atoms with Gasteiger partial charge >= 0.3 is 0 Å². The lowest BCUT2D eigenvalue weighted by atomic mass is 10.1. The highest BCUT2D eigenvalue weighted by Crippen LogP contribution is 2.30. The van der Waals surface area contributed by atoms with E-state index in [9.17, 15) is 18.0 Å². The molecule has 0 aliphatic carbocycles. The highest BCUT2D eigenvalue weighted by atomic mass is 35.5. The van der Waals surface area contributed by atoms with E-state index in [1.165, 1.54) is 17.0 Å². The molecule has 10 heteroatoms. The lowest BCUT2D eigenvalue weighted by Gasteiger charge is -2.33. The number of sulfonamides is 1. The zero-order chi connectivity index (χ0) is 30.2. The third-order valence-corrected chi connectivity index (χ3v) is 9.06. The van der Waals surface area contributed by atoms with E-state index in [1.54, 1.807) is 61.5 Å². The molecule has 0 bridgehead atoms. The van der Waals surface area contributed by atoms with Gasteiger partial charge in [0.15, 0.2) is 0 Å². The molecule has 3 rings (SSSR count). The van der Waals surface area contributed by atoms with Gasteiger partial charge in [0.1, 0.15) is 12.6 Å². The van der Waals surface area contributed by atoms with Gasteiger partial charge in [-0.3, -0.25) is 13.9 Å². The Bertz CT molecular complexity index is 1450. The van der Waals surface area contributed by atoms with Gasteiger partial charge in [-0.1, -0.05) is 73.3 Å². The smallest absolute Gasteiger partial charge is 0.264 e. The molecule has 0 saturated carbocycles. The zero-order valence-electron chi connectivity index (χ0n) is 23.9. The summed E-state index contributed by atoms with van der Waals surface area (Å²) in [4.78, 5) is 28.9. The summed E-state index contributed by atoms with van der Waals surface area (Å²) >= 11 is 12.3. The molecule has 0 radical (unpaired) electrons. The quantitative estimate of drug-likeness (QED) is 0.221. The van der Waals surface area contributed by atoms with Crippen LogP contribution < -0.4 is 9.62 Å². The second-order valence-electron chi connectivity index (χ2n) is 9.97. The molecule has 7 nitrogen and oxygen atoms in total. The number of rotatable bonds is 13. The van der Waals surface area contributed by atoms with E-state index in [1.807, 2.05) is 20.8 Å². The van der Waals surface area contributed by atoms with Crippen LogP contribution in [-0.2, 0) is 26.2 Å². The van der Waals surface area contributed by atoms with Gasteiger partial charge in [-0.05, 0) is 80.3 Å². The van der Waals surface area contributed by atoms with Gasteiger partial charge in [0.2, 0.25) is 11.8 Å². The van der Waals surface area contributed by atoms with Gasteiger partial charge in [0.05, 0.1) is 10.6 Å². The first-order valence-electron chi connectivity index (χ1n) is 13.6. The molecular formula is C31H37Cl2N3O4S. The maximum absolute atomic E-state index is 14.1. The fourth-order valence-electron chi connectivity index (χ4n) is 4.46. The second kappa shape index (κ2) is 14.7. The standard InChI is InChI=1S/C31H37Cl2N3O4S/c1-5-7-18-34-31(38)28(6-2)35(20-24-10-12-25(32)13-11-24)30(37)21-36(29-17-14-26(33)19-23(29)4)41(39,40)27-15-8-22(3)9-16-27/h8-17,19,28H,5-7,18,20-21H2,1-4H3,(H,34,38)/t28-/m1/s1. The molecule has 3 aromatic rings. The van der Waals surface area contributed by atoms with E-state index >= 15 is 0 Å². The summed E-state index contributed by atoms with van der Waals surface area (Å²) < 4.78 is 29.1. The molecule has 0 saturated heterocycles. The van der Waals surface area contributed by atoms with Crippen LogP contribution in [0.4, 0.5) is 5.69 Å². The molecule has 3 aromatic carbocycles. The summed E-state index contributed by atoms with van der Waals surface area (Å²) in [5.74, 6) is -0.790. The molecule has 2 amide bonds. The van der Waals surface area contributed by atoms with Crippen LogP contribution in [0.15, 0.2) is 71.6 Å². The highest BCUT2D eigenvalue weighted by Gasteiger charge is 2.34. The summed E-state index contributed by atoms with van der Waals surface area (Å²) in [6.07, 6.45) is 2.07. The number of unbranched alkanes of at least 4 members (excludes halogenated alkanes) is 1. The van der Waals surface area contributed by atoms with Crippen LogP contribution in [0.2, 0.25) is 10.0 Å². The van der Waals surface area contributed by atoms with Crippen molar-refractivity contribution in [3.63, 3.8) is 0 Å². The fraction of sp³-hybridized carbons (Fsp3) is 0.355. The van der Waals surface area contributed by atoms with Crippen molar-refractivity contribution in [3.05, 3.63) is 93.5 Å². The van der Waals surface area contributed by atoms with Crippen LogP contribution in [0.5, 0.6) is 0 Å². The van der Waals surface area contributed by atoms with Crippen molar-refractivity contribution in [3.8, 4) is 0 Å². The monoisotopic (exact) mass is 617 g/mol. The van der Waals surface area contributed by atoms with Gasteiger partial charge in [-0.25, -0.2) is 8.42 Å². The van der Waals surface area contributed by atoms with Crippen LogP contribution in [0, 0.1) is 13.8 Å². The molecule has 0 fully saturated rings. The molecule has 0 unspecified atom stereocenters. The molecule has 1 N–H and O–H groups in total. The van der Waals surface area contributed by atoms with E-state index < -0.39 is 28.5 Å². The van der Waals surface area contributed by atoms with Crippen LogP contribution in [0.3, 0.4) is 0 Å². The minimum absolute atomic E-state index is 0.0545. The SMILES string of the molecule is CCCCNC(=O)[C@@H](CC)N(Cc1ccc(Cl)cc1)C(=O)CN(c1ccc(Cl)cc1C)S(=O)(=O)c1ccc(C)cc1. The maximum Gasteiger partial charge on any atom is 0.264 e. The number of halogens is 2. The summed E-state index contributed by atoms with van der Waals surface area (Å²) in [5.41, 5.74) is 2.59. The van der Waals surface area contributed by atoms with E-state index in [0.29, 0.717) is 34.3 Å². The van der Waals surface area contributed by atoms with Crippen LogP contribution >= 0.6 is 23.2 Å². The first-order valence-corrected chi connectivity index (χ1v) is 15.8. The lowest BCUT2D eigenvalue weighted by Crippen LogP contribution is -2.52. The molecule has 0 spiro atoms. The minimum Gasteiger partial charge on any atom is -0.354 e. The second-order valence-corrected chi connectivity index (χ2v) is 12.7. The predicted octanol–water partition coefficient (Wildman–Crippen LogP) is 6.53. The number of amides is 2. The Balaban J connectivity index is 2.06. The first-order chi connectivity index (χ1) is 19.5. The van der Waals surface area contributed by atoms with Crippen LogP contribution in [0.25, 0.3) is 0 Å². The number of nitrogens with zero attached hydrogens (tertiary/aromatic N) is 2. The molecule has 0 aliphatic rings. The lowest BCUT2D eigenvalue weighted by molar-refractivity contribution is -0.140. The Morgan fingerprint density at radius 3 is 2.12 bits per heavy atom. The van der Waals surface area contributed by atoms with Gasteiger partial charge in [0, 0.05) is 23.1 Å². The number of carbonyl (C=O) groups is 2. The Morgan fingerprint density at radius 1 is 0.902 bits per heavy atom. The molecule has 41 heavy (non-hydrogen) atoms. The largest absolute Gasteiger partial charge is 0.354 e. The van der Waals surface area contributed by atoms with Crippen LogP contribution in [-0.4, -0.2) is 44.3 Å². The number of anilines is 1. The Kier molecular flexibility index (Phi) is 11.6. The molecule has 1 atom stereocenters. The molecule has 220 valence electrons. The number of hydrogen-bond acceptors (Lipinski definition) is 4. The fourth-order valence-corrected chi connectivity index (χ4v) is 6.29. The van der Waals surface area contributed by atoms with Crippen LogP contribution in [0.1, 0.15) is 49.8 Å². The van der Waals surface area contributed by atoms with E-state index in [4.69, 9.17) is 23.2 Å². The van der Waals surface area contributed by atoms with Crippen molar-refractivity contribution in [1.29, 1.82) is 0 Å². The number of benzene rings is 3. The average molecular weight is 619 g/mol. The minimum atomic E-state index is -4.16. The van der Waals surface area contributed by atoms with Crippen molar-refractivity contribution in [2.45, 2.75) is 64.4 Å². The maximum atomic E-state index is 14.1. The predicted molar refractivity (Wildman–Crippen MR) is 166 cm³/mol. The third-order valence-electron chi connectivity index (χ3n) is 6.80. The summed E-state index contributed by atoms with van der Waals surface area (Å²) in [6.45, 7) is 7.56. The van der Waals surface area contributed by atoms with E-state index in [-0.39, 0.29) is 17.3 Å². The highest BCUT2D eigenvalue weighted by molar-refractivity contribution is 7.92. The Morgan fingerprint density at radius 2 is 1.54 bits per heavy atom. The van der Waals surface area contributed by atoms with Crippen molar-refractivity contribution in [2.24, 2.45) is 0 Å². The molecule has 0 heterocycles. The summed E-state index contributed by atoms with van der Waals surface area (Å²) in [6, 6.07) is 17.5. The number of carbonyl (C=O) groups excluding carboxylic acids is 2. The molecule has 0 aromatic heterocycles. The van der Waals surface area contributed by atoms with Gasteiger partial charge in [0.25, 0.3) is 10.0 Å². The van der Waals surface area contributed by atoms with E-state index in [0.717, 1.165) is 28.3 Å². The molecular weight excluding hydrogens is 581 g/mol. The average Bonchev–Trinajstić information content (AvgIpc) is 2.93. The topological polar surface area (TPSA) is 86.8 Å². The summed E-state index contributed by atoms with van der Waals surface area (Å²) in [5, 5.41) is 3.92. The molecule has 0 aliphatic heterocycles. The van der Waals surface area contributed by atoms with Crippen molar-refractivity contribution in [2.75, 3.05) is 17.4 Å². The Hall–Kier alpha value is -3.07. The van der Waals surface area contributed by atoms with E-state index in [2.05, 4.69) is 5.32 Å². The number of hydrogen-bond donors (Lipinski definition) is 1. The Labute approximate surface area is 253 Å². The number of nitrogens with one attached hydrogen (secondary N) is 1.